The van der Waals surface area contributed by atoms with Crippen LogP contribution >= 0.6 is 0 Å². The summed E-state index contributed by atoms with van der Waals surface area (Å²) in [6, 6.07) is 5.89. The number of rotatable bonds is 6. The average Bonchev–Trinajstić information content (AvgIpc) is 2.90. The van der Waals surface area contributed by atoms with Crippen molar-refractivity contribution in [2.45, 2.75) is 40.2 Å². The fourth-order valence-electron chi connectivity index (χ4n) is 2.44. The number of tetrazole rings is 1. The van der Waals surface area contributed by atoms with Crippen LogP contribution < -0.4 is 10.5 Å². The van der Waals surface area contributed by atoms with Gasteiger partial charge in [0.2, 0.25) is 0 Å². The number of benzene rings is 1. The molecule has 6 heteroatoms. The molecule has 2 rings (SSSR count). The quantitative estimate of drug-likeness (QED) is 0.827. The molecule has 0 aliphatic rings. The van der Waals surface area contributed by atoms with E-state index in [-0.39, 0.29) is 6.04 Å². The number of hydrogen-bond donors (Lipinski definition) is 1. The van der Waals surface area contributed by atoms with Crippen molar-refractivity contribution in [3.05, 3.63) is 18.2 Å². The van der Waals surface area contributed by atoms with Gasteiger partial charge in [0.25, 0.3) is 0 Å². The van der Waals surface area contributed by atoms with Gasteiger partial charge in [-0.05, 0) is 54.8 Å². The van der Waals surface area contributed by atoms with Gasteiger partial charge in [0, 0.05) is 5.56 Å². The second-order valence-corrected chi connectivity index (χ2v) is 5.61. The molecule has 1 aromatic carbocycles. The standard InChI is InChI=1S/C15H23N5O/c1-5-21-14-7-6-12(9-13(14)16)15-17-18-19-20(15)11(4)8-10(2)3/h6-7,9-11H,5,8,16H2,1-4H3. The van der Waals surface area contributed by atoms with Crippen LogP contribution in [0.2, 0.25) is 0 Å². The Morgan fingerprint density at radius 3 is 2.67 bits per heavy atom. The SMILES string of the molecule is CCOc1ccc(-c2nnnn2C(C)CC(C)C)cc1N. The molecule has 0 fully saturated rings. The summed E-state index contributed by atoms with van der Waals surface area (Å²) in [4.78, 5) is 0. The van der Waals surface area contributed by atoms with Gasteiger partial charge in [0.1, 0.15) is 5.75 Å². The lowest BCUT2D eigenvalue weighted by Crippen LogP contribution is -2.11. The third kappa shape index (κ3) is 3.51. The number of nitrogens with two attached hydrogens (primary N) is 1. The molecular weight excluding hydrogens is 266 g/mol. The van der Waals surface area contributed by atoms with Crippen molar-refractivity contribution < 1.29 is 4.74 Å². The molecule has 2 aromatic rings. The minimum atomic E-state index is 0.239. The first kappa shape index (κ1) is 15.3. The Morgan fingerprint density at radius 2 is 2.05 bits per heavy atom. The molecule has 1 heterocycles. The molecular formula is C15H23N5O. The molecule has 0 bridgehead atoms. The predicted octanol–water partition coefficient (Wildman–Crippen LogP) is 2.93. The molecule has 1 atom stereocenters. The minimum Gasteiger partial charge on any atom is -0.492 e. The monoisotopic (exact) mass is 289 g/mol. The summed E-state index contributed by atoms with van der Waals surface area (Å²) >= 11 is 0. The molecule has 0 aliphatic carbocycles. The molecule has 0 radical (unpaired) electrons. The molecule has 0 amide bonds. The van der Waals surface area contributed by atoms with Crippen molar-refractivity contribution >= 4 is 5.69 Å². The second kappa shape index (κ2) is 6.56. The fourth-order valence-corrected chi connectivity index (χ4v) is 2.44. The second-order valence-electron chi connectivity index (χ2n) is 5.61. The maximum absolute atomic E-state index is 6.02. The Balaban J connectivity index is 2.31. The highest BCUT2D eigenvalue weighted by atomic mass is 16.5. The van der Waals surface area contributed by atoms with Crippen molar-refractivity contribution in [3.63, 3.8) is 0 Å². The first-order valence-electron chi connectivity index (χ1n) is 7.33. The zero-order valence-corrected chi connectivity index (χ0v) is 13.1. The van der Waals surface area contributed by atoms with E-state index in [2.05, 4.69) is 36.3 Å². The normalized spacial score (nSPS) is 12.6. The van der Waals surface area contributed by atoms with Crippen molar-refractivity contribution in [1.82, 2.24) is 20.2 Å². The Morgan fingerprint density at radius 1 is 1.29 bits per heavy atom. The topological polar surface area (TPSA) is 78.9 Å². The lowest BCUT2D eigenvalue weighted by Gasteiger charge is -2.16. The van der Waals surface area contributed by atoms with E-state index < -0.39 is 0 Å². The molecule has 0 aliphatic heterocycles. The van der Waals surface area contributed by atoms with Gasteiger partial charge in [-0.3, -0.25) is 0 Å². The van der Waals surface area contributed by atoms with Gasteiger partial charge in [0.05, 0.1) is 18.3 Å². The fraction of sp³-hybridized carbons (Fsp3) is 0.533. The lowest BCUT2D eigenvalue weighted by atomic mass is 10.0. The van der Waals surface area contributed by atoms with Crippen molar-refractivity contribution in [2.75, 3.05) is 12.3 Å². The molecule has 2 N–H and O–H groups in total. The number of aromatic nitrogens is 4. The van der Waals surface area contributed by atoms with Crippen LogP contribution in [-0.2, 0) is 0 Å². The number of hydrogen-bond acceptors (Lipinski definition) is 5. The van der Waals surface area contributed by atoms with Gasteiger partial charge in [-0.25, -0.2) is 4.68 Å². The van der Waals surface area contributed by atoms with E-state index in [0.717, 1.165) is 17.8 Å². The number of nitrogens with zero attached hydrogens (tertiary/aromatic N) is 4. The number of ether oxygens (including phenoxy) is 1. The summed E-state index contributed by atoms with van der Waals surface area (Å²) < 4.78 is 7.31. The highest BCUT2D eigenvalue weighted by Crippen LogP contribution is 2.29. The summed E-state index contributed by atoms with van der Waals surface area (Å²) in [6.45, 7) is 9.02. The van der Waals surface area contributed by atoms with Crippen LogP contribution in [0.25, 0.3) is 11.4 Å². The molecule has 1 aromatic heterocycles. The van der Waals surface area contributed by atoms with Crippen molar-refractivity contribution in [1.29, 1.82) is 0 Å². The summed E-state index contributed by atoms with van der Waals surface area (Å²) in [5.74, 6) is 2.01. The lowest BCUT2D eigenvalue weighted by molar-refractivity contribution is 0.342. The van der Waals surface area contributed by atoms with Gasteiger partial charge < -0.3 is 10.5 Å². The van der Waals surface area contributed by atoms with E-state index in [0.29, 0.717) is 24.0 Å². The van der Waals surface area contributed by atoms with E-state index >= 15 is 0 Å². The first-order chi connectivity index (χ1) is 10.0. The summed E-state index contributed by atoms with van der Waals surface area (Å²) in [6.07, 6.45) is 1.02. The van der Waals surface area contributed by atoms with Crippen molar-refractivity contribution in [2.24, 2.45) is 5.92 Å². The summed E-state index contributed by atoms with van der Waals surface area (Å²) in [5, 5.41) is 12.1. The smallest absolute Gasteiger partial charge is 0.182 e. The van der Waals surface area contributed by atoms with Crippen LogP contribution in [0.4, 0.5) is 5.69 Å². The summed E-state index contributed by atoms with van der Waals surface area (Å²) in [5.41, 5.74) is 7.51. The summed E-state index contributed by atoms with van der Waals surface area (Å²) in [7, 11) is 0. The van der Waals surface area contributed by atoms with Crippen LogP contribution in [0.1, 0.15) is 40.2 Å². The third-order valence-corrected chi connectivity index (χ3v) is 3.29. The van der Waals surface area contributed by atoms with Gasteiger partial charge in [-0.2, -0.15) is 0 Å². The van der Waals surface area contributed by atoms with E-state index in [1.807, 2.05) is 29.8 Å². The van der Waals surface area contributed by atoms with Crippen LogP contribution in [0.5, 0.6) is 5.75 Å². The van der Waals surface area contributed by atoms with Crippen LogP contribution in [0, 0.1) is 5.92 Å². The van der Waals surface area contributed by atoms with E-state index in [9.17, 15) is 0 Å². The highest BCUT2D eigenvalue weighted by Gasteiger charge is 2.16. The maximum atomic E-state index is 6.02. The van der Waals surface area contributed by atoms with Gasteiger partial charge >= 0.3 is 0 Å². The first-order valence-corrected chi connectivity index (χ1v) is 7.33. The van der Waals surface area contributed by atoms with E-state index in [1.165, 1.54) is 0 Å². The Kier molecular flexibility index (Phi) is 4.77. The van der Waals surface area contributed by atoms with Crippen LogP contribution in [0.3, 0.4) is 0 Å². The van der Waals surface area contributed by atoms with Crippen LogP contribution in [0.15, 0.2) is 18.2 Å². The number of anilines is 1. The zero-order valence-electron chi connectivity index (χ0n) is 13.1. The molecule has 1 unspecified atom stereocenters. The van der Waals surface area contributed by atoms with Gasteiger partial charge in [-0.1, -0.05) is 13.8 Å². The van der Waals surface area contributed by atoms with E-state index in [4.69, 9.17) is 10.5 Å². The molecule has 6 nitrogen and oxygen atoms in total. The Labute approximate surface area is 125 Å². The maximum Gasteiger partial charge on any atom is 0.182 e. The molecule has 0 saturated carbocycles. The highest BCUT2D eigenvalue weighted by molar-refractivity contribution is 5.66. The largest absolute Gasteiger partial charge is 0.492 e. The average molecular weight is 289 g/mol. The van der Waals surface area contributed by atoms with Gasteiger partial charge in [-0.15, -0.1) is 5.10 Å². The predicted molar refractivity (Wildman–Crippen MR) is 83.0 cm³/mol. The van der Waals surface area contributed by atoms with Crippen molar-refractivity contribution in [3.8, 4) is 17.1 Å². The molecule has 21 heavy (non-hydrogen) atoms. The number of nitrogen functional groups attached to an aromatic ring is 1. The molecule has 114 valence electrons. The zero-order chi connectivity index (χ0) is 15.4. The van der Waals surface area contributed by atoms with Crippen LogP contribution in [-0.4, -0.2) is 26.8 Å². The van der Waals surface area contributed by atoms with E-state index in [1.54, 1.807) is 0 Å². The Bertz CT molecular complexity index is 593. The van der Waals surface area contributed by atoms with Gasteiger partial charge in [0.15, 0.2) is 5.82 Å². The molecule has 0 spiro atoms. The molecule has 0 saturated heterocycles. The minimum absolute atomic E-state index is 0.239. The Hall–Kier alpha value is -2.11. The third-order valence-electron chi connectivity index (χ3n) is 3.29.